The fraction of sp³-hybridized carbons (Fsp3) is 0.364. The summed E-state index contributed by atoms with van der Waals surface area (Å²) in [7, 11) is -3.44. The molecule has 7 heteroatoms. The third-order valence-corrected chi connectivity index (χ3v) is 10.3. The highest BCUT2D eigenvalue weighted by Gasteiger charge is 2.29. The number of hydrogen-bond donors (Lipinski definition) is 1. The van der Waals surface area contributed by atoms with E-state index in [1.54, 1.807) is 29.3 Å². The van der Waals surface area contributed by atoms with Crippen LogP contribution in [-0.4, -0.2) is 28.0 Å². The zero-order valence-corrected chi connectivity index (χ0v) is 23.4. The van der Waals surface area contributed by atoms with Crippen LogP contribution in [0.25, 0.3) is 21.5 Å². The Hall–Kier alpha value is -3.58. The van der Waals surface area contributed by atoms with Gasteiger partial charge in [-0.3, -0.25) is 0 Å². The van der Waals surface area contributed by atoms with Crippen molar-refractivity contribution in [2.45, 2.75) is 56.3 Å². The molecule has 0 bridgehead atoms. The Morgan fingerprint density at radius 3 is 2.45 bits per heavy atom. The van der Waals surface area contributed by atoms with Crippen LogP contribution in [0.1, 0.15) is 49.7 Å². The lowest BCUT2D eigenvalue weighted by atomic mass is 9.71. The number of nitrogens with one attached hydrogen (secondary N) is 1. The Morgan fingerprint density at radius 2 is 1.60 bits per heavy atom. The Morgan fingerprint density at radius 1 is 0.775 bits per heavy atom. The van der Waals surface area contributed by atoms with Crippen molar-refractivity contribution < 1.29 is 17.9 Å². The van der Waals surface area contributed by atoms with Crippen molar-refractivity contribution in [3.05, 3.63) is 71.8 Å². The monoisotopic (exact) mass is 554 g/mol. The second kappa shape index (κ2) is 10.4. The maximum absolute atomic E-state index is 11.2. The first-order valence-corrected chi connectivity index (χ1v) is 15.9. The zero-order valence-electron chi connectivity index (χ0n) is 22.6. The molecule has 4 aliphatic rings. The molecule has 0 saturated heterocycles. The third-order valence-electron chi connectivity index (χ3n) is 9.03. The predicted octanol–water partition coefficient (Wildman–Crippen LogP) is 7.28. The van der Waals surface area contributed by atoms with Crippen molar-refractivity contribution in [1.29, 1.82) is 0 Å². The van der Waals surface area contributed by atoms with Crippen LogP contribution in [0.3, 0.4) is 0 Å². The predicted molar refractivity (Wildman–Crippen MR) is 160 cm³/mol. The number of rotatable bonds is 1. The summed E-state index contributed by atoms with van der Waals surface area (Å²) in [5, 5.41) is 7.94. The lowest BCUT2D eigenvalue weighted by Crippen LogP contribution is -2.24. The van der Waals surface area contributed by atoms with Gasteiger partial charge in [-0.1, -0.05) is 68.5 Å². The molecule has 206 valence electrons. The number of fused-ring (bicyclic) bond motifs is 5. The maximum atomic E-state index is 11.2. The number of aryl methyl sites for hydroxylation is 1. The molecule has 0 aromatic heterocycles. The number of anilines is 1. The number of hydrogen-bond acceptors (Lipinski definition) is 5. The quantitative estimate of drug-likeness (QED) is 0.250. The van der Waals surface area contributed by atoms with Gasteiger partial charge in [-0.05, 0) is 82.6 Å². The molecule has 4 aromatic carbocycles. The molecular weight excluding hydrogens is 520 g/mol. The SMILES string of the molecule is O=S1(=O)N=CNc2ccccc21.c1cc2c3c(cc4c5c(ccc4c3c1)CCC(C1CCCCC1)C5)OCCO2. The molecule has 1 saturated carbocycles. The number of ether oxygens (including phenoxy) is 2. The van der Waals surface area contributed by atoms with Crippen LogP contribution in [0.15, 0.2) is 70.0 Å². The highest BCUT2D eigenvalue weighted by atomic mass is 32.2. The summed E-state index contributed by atoms with van der Waals surface area (Å²) in [6, 6.07) is 20.1. The molecule has 2 heterocycles. The van der Waals surface area contributed by atoms with Gasteiger partial charge in [0, 0.05) is 0 Å². The Kier molecular flexibility index (Phi) is 6.62. The van der Waals surface area contributed by atoms with E-state index in [0.717, 1.165) is 28.7 Å². The van der Waals surface area contributed by atoms with Gasteiger partial charge in [-0.25, -0.2) is 0 Å². The van der Waals surface area contributed by atoms with Gasteiger partial charge in [0.15, 0.2) is 0 Å². The van der Waals surface area contributed by atoms with E-state index >= 15 is 0 Å². The van der Waals surface area contributed by atoms with E-state index in [-0.39, 0.29) is 4.90 Å². The molecule has 0 radical (unpaired) electrons. The zero-order chi connectivity index (χ0) is 27.1. The van der Waals surface area contributed by atoms with Gasteiger partial charge in [-0.2, -0.15) is 8.42 Å². The van der Waals surface area contributed by atoms with Crippen LogP contribution in [0.4, 0.5) is 5.69 Å². The van der Waals surface area contributed by atoms with E-state index < -0.39 is 10.0 Å². The molecule has 2 aliphatic carbocycles. The summed E-state index contributed by atoms with van der Waals surface area (Å²) in [6.45, 7) is 1.24. The summed E-state index contributed by atoms with van der Waals surface area (Å²) in [6.07, 6.45) is 12.3. The van der Waals surface area contributed by atoms with E-state index in [0.29, 0.717) is 18.9 Å². The van der Waals surface area contributed by atoms with Gasteiger partial charge in [0.25, 0.3) is 10.0 Å². The molecule has 1 N–H and O–H groups in total. The highest BCUT2D eigenvalue weighted by Crippen LogP contribution is 2.45. The number of benzene rings is 4. The summed E-state index contributed by atoms with van der Waals surface area (Å²) < 4.78 is 37.9. The minimum atomic E-state index is -3.44. The topological polar surface area (TPSA) is 77.0 Å². The molecule has 0 spiro atoms. The number of para-hydroxylation sites is 1. The largest absolute Gasteiger partial charge is 0.489 e. The van der Waals surface area contributed by atoms with E-state index in [9.17, 15) is 8.42 Å². The molecule has 40 heavy (non-hydrogen) atoms. The Balaban J connectivity index is 0.000000185. The summed E-state index contributed by atoms with van der Waals surface area (Å²) >= 11 is 0. The van der Waals surface area contributed by atoms with Crippen molar-refractivity contribution >= 4 is 43.6 Å². The smallest absolute Gasteiger partial charge is 0.285 e. The van der Waals surface area contributed by atoms with Crippen molar-refractivity contribution in [1.82, 2.24) is 0 Å². The summed E-state index contributed by atoms with van der Waals surface area (Å²) in [4.78, 5) is 0.229. The van der Waals surface area contributed by atoms with Crippen LogP contribution in [0.5, 0.6) is 11.5 Å². The maximum Gasteiger partial charge on any atom is 0.285 e. The molecule has 1 atom stereocenters. The fourth-order valence-electron chi connectivity index (χ4n) is 7.08. The minimum Gasteiger partial charge on any atom is -0.489 e. The first-order valence-electron chi connectivity index (χ1n) is 14.5. The van der Waals surface area contributed by atoms with E-state index in [4.69, 9.17) is 9.47 Å². The molecule has 0 amide bonds. The van der Waals surface area contributed by atoms with E-state index in [1.165, 1.54) is 79.9 Å². The molecule has 1 unspecified atom stereocenters. The number of nitrogens with zero attached hydrogens (tertiary/aromatic N) is 1. The first-order chi connectivity index (χ1) is 19.6. The molecule has 1 fully saturated rings. The molecule has 2 aliphatic heterocycles. The van der Waals surface area contributed by atoms with Crippen molar-refractivity contribution in [3.8, 4) is 11.5 Å². The van der Waals surface area contributed by atoms with Gasteiger partial charge in [-0.15, -0.1) is 4.40 Å². The second-order valence-electron chi connectivity index (χ2n) is 11.3. The van der Waals surface area contributed by atoms with Gasteiger partial charge < -0.3 is 14.8 Å². The molecule has 6 nitrogen and oxygen atoms in total. The second-order valence-corrected chi connectivity index (χ2v) is 12.9. The van der Waals surface area contributed by atoms with Gasteiger partial charge in [0.05, 0.1) is 11.1 Å². The average molecular weight is 555 g/mol. The van der Waals surface area contributed by atoms with Crippen LogP contribution in [0.2, 0.25) is 0 Å². The standard InChI is InChI=1S/C26H28O2.C7H6N2O2S/c1-2-5-17(6-3-1)19-10-9-18-11-12-20-21-7-4-8-24-26(21)25(28-14-13-27-24)16-23(20)22(18)15-19;10-12(11)7-4-2-1-3-6(7)8-5-9-12/h4,7-8,11-12,16-17,19H,1-3,5-6,9-10,13-15H2;1-5H,(H,8,9). The van der Waals surface area contributed by atoms with Gasteiger partial charge >= 0.3 is 0 Å². The lowest BCUT2D eigenvalue weighted by molar-refractivity contribution is 0.228. The molecule has 8 rings (SSSR count). The van der Waals surface area contributed by atoms with Gasteiger partial charge in [0.1, 0.15) is 35.9 Å². The highest BCUT2D eigenvalue weighted by molar-refractivity contribution is 7.90. The van der Waals surface area contributed by atoms with Crippen molar-refractivity contribution in [2.24, 2.45) is 16.2 Å². The van der Waals surface area contributed by atoms with E-state index in [1.807, 2.05) is 0 Å². The molecular formula is C33H34N2O4S. The van der Waals surface area contributed by atoms with Crippen LogP contribution in [0, 0.1) is 11.8 Å². The summed E-state index contributed by atoms with van der Waals surface area (Å²) in [5.74, 6) is 3.77. The van der Waals surface area contributed by atoms with E-state index in [2.05, 4.69) is 46.1 Å². The minimum absolute atomic E-state index is 0.229. The van der Waals surface area contributed by atoms with Crippen LogP contribution < -0.4 is 14.8 Å². The lowest BCUT2D eigenvalue weighted by Gasteiger charge is -2.34. The Bertz CT molecular complexity index is 1720. The molecule has 4 aromatic rings. The number of sulfonamides is 1. The van der Waals surface area contributed by atoms with Crippen molar-refractivity contribution in [2.75, 3.05) is 18.5 Å². The summed E-state index contributed by atoms with van der Waals surface area (Å²) in [5.41, 5.74) is 3.73. The van der Waals surface area contributed by atoms with Gasteiger partial charge in [0.2, 0.25) is 0 Å². The normalized spacial score (nSPS) is 21.1. The van der Waals surface area contributed by atoms with Crippen LogP contribution >= 0.6 is 0 Å². The first kappa shape index (κ1) is 25.4. The average Bonchev–Trinajstić information content (AvgIpc) is 3.21. The van der Waals surface area contributed by atoms with Crippen LogP contribution in [-0.2, 0) is 22.9 Å². The van der Waals surface area contributed by atoms with Crippen molar-refractivity contribution in [3.63, 3.8) is 0 Å². The fourth-order valence-corrected chi connectivity index (χ4v) is 8.04. The third kappa shape index (κ3) is 4.60. The Labute approximate surface area is 235 Å².